The zero-order valence-electron chi connectivity index (χ0n) is 19.6. The summed E-state index contributed by atoms with van der Waals surface area (Å²) in [5.74, 6) is -1.03. The molecule has 1 N–H and O–H groups in total. The minimum absolute atomic E-state index is 0.0369. The normalized spacial score (nSPS) is 18.5. The maximum absolute atomic E-state index is 14.6. The van der Waals surface area contributed by atoms with E-state index >= 15 is 0 Å². The first-order valence-electron chi connectivity index (χ1n) is 12.0. The molecule has 0 aromatic heterocycles. The molecule has 0 radical (unpaired) electrons. The summed E-state index contributed by atoms with van der Waals surface area (Å²) in [7, 11) is 0. The number of benzene rings is 2. The van der Waals surface area contributed by atoms with Gasteiger partial charge in [-0.05, 0) is 61.9 Å². The van der Waals surface area contributed by atoms with Crippen LogP contribution in [0.25, 0.3) is 5.57 Å². The van der Waals surface area contributed by atoms with Crippen LogP contribution in [0.5, 0.6) is 0 Å². The van der Waals surface area contributed by atoms with Crippen LogP contribution < -0.4 is 5.32 Å². The van der Waals surface area contributed by atoms with Crippen LogP contribution in [0, 0.1) is 17.6 Å². The van der Waals surface area contributed by atoms with Gasteiger partial charge in [0.15, 0.2) is 0 Å². The summed E-state index contributed by atoms with van der Waals surface area (Å²) in [6.07, 6.45) is 3.69. The highest BCUT2D eigenvalue weighted by Gasteiger charge is 2.42. The average Bonchev–Trinajstić information content (AvgIpc) is 3.59. The predicted octanol–water partition coefficient (Wildman–Crippen LogP) is 4.17. The van der Waals surface area contributed by atoms with Crippen molar-refractivity contribution < 1.29 is 18.4 Å². The molecule has 2 aromatic rings. The number of rotatable bonds is 9. The summed E-state index contributed by atoms with van der Waals surface area (Å²) >= 11 is 0. The number of nitrogens with zero attached hydrogens (tertiary/aromatic N) is 2. The number of carbonyl (C=O) groups is 2. The number of carbonyl (C=O) groups excluding carboxylic acids is 2. The fraction of sp³-hybridized carbons (Fsp3) is 0.407. The summed E-state index contributed by atoms with van der Waals surface area (Å²) in [6.45, 7) is 5.36. The molecule has 5 nitrogen and oxygen atoms in total. The summed E-state index contributed by atoms with van der Waals surface area (Å²) in [6, 6.07) is 12.0. The van der Waals surface area contributed by atoms with E-state index in [0.29, 0.717) is 18.7 Å². The van der Waals surface area contributed by atoms with Crippen LogP contribution in [0.4, 0.5) is 8.78 Å². The Balaban J connectivity index is 1.59. The Labute approximate surface area is 199 Å². The van der Waals surface area contributed by atoms with Gasteiger partial charge >= 0.3 is 0 Å². The molecule has 34 heavy (non-hydrogen) atoms. The van der Waals surface area contributed by atoms with Crippen LogP contribution >= 0.6 is 0 Å². The highest BCUT2D eigenvalue weighted by molar-refractivity contribution is 5.88. The van der Waals surface area contributed by atoms with Gasteiger partial charge in [-0.1, -0.05) is 36.4 Å². The first kappa shape index (κ1) is 24.1. The van der Waals surface area contributed by atoms with Crippen LogP contribution in [0.1, 0.15) is 43.9 Å². The number of hydrogen-bond donors (Lipinski definition) is 1. The van der Waals surface area contributed by atoms with Crippen molar-refractivity contribution in [2.24, 2.45) is 5.92 Å². The second-order valence-corrected chi connectivity index (χ2v) is 8.90. The van der Waals surface area contributed by atoms with Crippen molar-refractivity contribution in [2.75, 3.05) is 26.2 Å². The molecular formula is C27H31F2N3O2. The second kappa shape index (κ2) is 10.5. The molecule has 1 saturated carbocycles. The van der Waals surface area contributed by atoms with Crippen molar-refractivity contribution in [3.63, 3.8) is 0 Å². The first-order valence-corrected chi connectivity index (χ1v) is 12.0. The second-order valence-electron chi connectivity index (χ2n) is 8.90. The maximum Gasteiger partial charge on any atom is 0.241 e. The van der Waals surface area contributed by atoms with Crippen LogP contribution in [0.15, 0.2) is 54.6 Å². The lowest BCUT2D eigenvalue weighted by molar-refractivity contribution is -0.135. The smallest absolute Gasteiger partial charge is 0.241 e. The van der Waals surface area contributed by atoms with Crippen molar-refractivity contribution in [1.29, 1.82) is 0 Å². The van der Waals surface area contributed by atoms with Gasteiger partial charge in [-0.15, -0.1) is 0 Å². The van der Waals surface area contributed by atoms with E-state index in [9.17, 15) is 18.4 Å². The minimum atomic E-state index is -0.522. The minimum Gasteiger partial charge on any atom is -0.342 e. The monoisotopic (exact) mass is 467 g/mol. The van der Waals surface area contributed by atoms with Gasteiger partial charge in [0, 0.05) is 25.2 Å². The molecule has 0 saturated heterocycles. The topological polar surface area (TPSA) is 52.7 Å². The van der Waals surface area contributed by atoms with E-state index in [-0.39, 0.29) is 36.4 Å². The molecule has 1 fully saturated rings. The molecule has 2 aliphatic rings. The fourth-order valence-corrected chi connectivity index (χ4v) is 4.62. The van der Waals surface area contributed by atoms with Gasteiger partial charge in [0.25, 0.3) is 0 Å². The van der Waals surface area contributed by atoms with Gasteiger partial charge in [0.1, 0.15) is 11.6 Å². The molecule has 1 aliphatic heterocycles. The van der Waals surface area contributed by atoms with Crippen LogP contribution in [0.2, 0.25) is 0 Å². The molecule has 1 aliphatic carbocycles. The molecule has 2 atom stereocenters. The van der Waals surface area contributed by atoms with Crippen molar-refractivity contribution in [3.8, 4) is 0 Å². The van der Waals surface area contributed by atoms with Gasteiger partial charge < -0.3 is 9.80 Å². The summed E-state index contributed by atoms with van der Waals surface area (Å²) < 4.78 is 28.5. The zero-order chi connectivity index (χ0) is 24.2. The molecule has 2 amide bonds. The van der Waals surface area contributed by atoms with E-state index in [1.54, 1.807) is 9.80 Å². The van der Waals surface area contributed by atoms with Gasteiger partial charge in [0.2, 0.25) is 11.8 Å². The van der Waals surface area contributed by atoms with E-state index < -0.39 is 23.7 Å². The highest BCUT2D eigenvalue weighted by atomic mass is 19.1. The lowest BCUT2D eigenvalue weighted by Gasteiger charge is -2.30. The van der Waals surface area contributed by atoms with E-state index in [4.69, 9.17) is 0 Å². The average molecular weight is 468 g/mol. The van der Waals surface area contributed by atoms with Crippen molar-refractivity contribution in [1.82, 2.24) is 15.1 Å². The molecule has 7 heteroatoms. The summed E-state index contributed by atoms with van der Waals surface area (Å²) in [5, 5.41) is 3.21. The van der Waals surface area contributed by atoms with Crippen molar-refractivity contribution in [2.45, 2.75) is 38.8 Å². The Hall–Kier alpha value is -3.06. The molecular weight excluding hydrogens is 436 g/mol. The molecule has 0 bridgehead atoms. The maximum atomic E-state index is 14.6. The summed E-state index contributed by atoms with van der Waals surface area (Å²) in [4.78, 5) is 29.8. The molecule has 1 heterocycles. The standard InChI is InChI=1S/C27H31F2N3O2/c1-3-31(4-2)25(33)16-30-26(19-10-11-19)27(34)32-17-20(22-15-21(28)12-13-23(22)29)14-24(32)18-8-6-5-7-9-18/h5-9,12-15,19,24,26,30H,3-4,10-11,16-17H2,1-2H3/t24-,26-/m0/s1. The summed E-state index contributed by atoms with van der Waals surface area (Å²) in [5.41, 5.74) is 1.65. The number of hydrogen-bond acceptors (Lipinski definition) is 3. The largest absolute Gasteiger partial charge is 0.342 e. The SMILES string of the molecule is CCN(CC)C(=O)CN[C@H](C(=O)N1CC(c2cc(F)ccc2F)=C[C@H]1c1ccccc1)C1CC1. The first-order chi connectivity index (χ1) is 16.4. The molecule has 0 spiro atoms. The third-order valence-corrected chi connectivity index (χ3v) is 6.68. The van der Waals surface area contributed by atoms with Crippen LogP contribution in [0.3, 0.4) is 0 Å². The Morgan fingerprint density at radius 1 is 1.09 bits per heavy atom. The Bertz CT molecular complexity index is 1060. The van der Waals surface area contributed by atoms with E-state index in [0.717, 1.165) is 30.5 Å². The lowest BCUT2D eigenvalue weighted by Crippen LogP contribution is -2.51. The Kier molecular flexibility index (Phi) is 7.41. The van der Waals surface area contributed by atoms with Gasteiger partial charge in [-0.25, -0.2) is 8.78 Å². The number of nitrogens with one attached hydrogen (secondary N) is 1. The highest BCUT2D eigenvalue weighted by Crippen LogP contribution is 2.39. The third kappa shape index (κ3) is 5.20. The molecule has 4 rings (SSSR count). The predicted molar refractivity (Wildman–Crippen MR) is 128 cm³/mol. The van der Waals surface area contributed by atoms with Crippen molar-refractivity contribution >= 4 is 17.4 Å². The van der Waals surface area contributed by atoms with Gasteiger partial charge in [-0.3, -0.25) is 14.9 Å². The van der Waals surface area contributed by atoms with Crippen LogP contribution in [-0.2, 0) is 9.59 Å². The lowest BCUT2D eigenvalue weighted by atomic mass is 10.0. The quantitative estimate of drug-likeness (QED) is 0.602. The Morgan fingerprint density at radius 3 is 2.44 bits per heavy atom. The number of likely N-dealkylation sites (N-methyl/N-ethyl adjacent to an activating group) is 1. The molecule has 0 unspecified atom stereocenters. The van der Waals surface area contributed by atoms with Gasteiger partial charge in [0.05, 0.1) is 18.6 Å². The van der Waals surface area contributed by atoms with Gasteiger partial charge in [-0.2, -0.15) is 0 Å². The zero-order valence-corrected chi connectivity index (χ0v) is 19.6. The Morgan fingerprint density at radius 2 is 1.79 bits per heavy atom. The van der Waals surface area contributed by atoms with Crippen LogP contribution in [-0.4, -0.2) is 53.8 Å². The van der Waals surface area contributed by atoms with E-state index in [2.05, 4.69) is 5.32 Å². The molecule has 2 aromatic carbocycles. The van der Waals surface area contributed by atoms with E-state index in [1.165, 1.54) is 6.07 Å². The van der Waals surface area contributed by atoms with E-state index in [1.807, 2.05) is 50.3 Å². The van der Waals surface area contributed by atoms with Crippen molar-refractivity contribution in [3.05, 3.63) is 77.4 Å². The number of halogens is 2. The number of amides is 2. The third-order valence-electron chi connectivity index (χ3n) is 6.68. The molecule has 180 valence electrons. The fourth-order valence-electron chi connectivity index (χ4n) is 4.62.